The molecule has 1 heterocycles. The van der Waals surface area contributed by atoms with E-state index in [0.29, 0.717) is 24.3 Å². The second-order valence-corrected chi connectivity index (χ2v) is 3.13. The van der Waals surface area contributed by atoms with Crippen molar-refractivity contribution in [2.75, 3.05) is 6.61 Å². The Labute approximate surface area is 76.8 Å². The molecule has 0 aliphatic carbocycles. The second kappa shape index (κ2) is 3.05. The number of Topliss-reactive ketones (excluding diaryl/α,β-unsaturated/α-hetero) is 1. The first-order chi connectivity index (χ1) is 6.27. The van der Waals surface area contributed by atoms with Crippen molar-refractivity contribution in [1.29, 1.82) is 0 Å². The molecule has 0 amide bonds. The molecule has 0 spiro atoms. The van der Waals surface area contributed by atoms with Crippen LogP contribution >= 0.6 is 0 Å². The summed E-state index contributed by atoms with van der Waals surface area (Å²) in [6, 6.07) is 7.30. The topological polar surface area (TPSA) is 26.3 Å². The first kappa shape index (κ1) is 8.05. The molecule has 0 N–H and O–H groups in total. The van der Waals surface area contributed by atoms with Gasteiger partial charge in [-0.3, -0.25) is 4.79 Å². The van der Waals surface area contributed by atoms with Crippen LogP contribution in [0.2, 0.25) is 0 Å². The highest BCUT2D eigenvalue weighted by atomic mass is 16.5. The van der Waals surface area contributed by atoms with Crippen molar-refractivity contribution in [2.24, 2.45) is 0 Å². The maximum atomic E-state index is 11.6. The van der Waals surface area contributed by atoms with Gasteiger partial charge in [-0.15, -0.1) is 0 Å². The maximum Gasteiger partial charge on any atom is 0.170 e. The summed E-state index contributed by atoms with van der Waals surface area (Å²) in [5.41, 5.74) is 1.50. The van der Waals surface area contributed by atoms with Gasteiger partial charge in [0, 0.05) is 6.42 Å². The number of para-hydroxylation sites is 1. The molecule has 66 valence electrons. The minimum Gasteiger partial charge on any atom is -0.488 e. The summed E-state index contributed by atoms with van der Waals surface area (Å²) in [6.45, 7) is 4.21. The lowest BCUT2D eigenvalue weighted by Gasteiger charge is -2.03. The Morgan fingerprint density at radius 2 is 2.08 bits per heavy atom. The van der Waals surface area contributed by atoms with Gasteiger partial charge < -0.3 is 4.74 Å². The van der Waals surface area contributed by atoms with Crippen LogP contribution in [0.1, 0.15) is 16.8 Å². The summed E-state index contributed by atoms with van der Waals surface area (Å²) < 4.78 is 5.41. The average molecular weight is 174 g/mol. The van der Waals surface area contributed by atoms with Crippen molar-refractivity contribution < 1.29 is 9.53 Å². The van der Waals surface area contributed by atoms with E-state index >= 15 is 0 Å². The molecule has 1 aliphatic rings. The molecule has 0 saturated carbocycles. The SMILES string of the molecule is C=C1COc2ccccc2C(=O)C1. The smallest absolute Gasteiger partial charge is 0.170 e. The number of carbonyl (C=O) groups excluding carboxylic acids is 1. The molecule has 0 saturated heterocycles. The van der Waals surface area contributed by atoms with Gasteiger partial charge in [-0.1, -0.05) is 18.7 Å². The summed E-state index contributed by atoms with van der Waals surface area (Å²) in [7, 11) is 0. The van der Waals surface area contributed by atoms with E-state index in [4.69, 9.17) is 4.74 Å². The third-order valence-corrected chi connectivity index (χ3v) is 2.03. The molecule has 2 nitrogen and oxygen atoms in total. The van der Waals surface area contributed by atoms with E-state index in [1.54, 1.807) is 6.07 Å². The van der Waals surface area contributed by atoms with Gasteiger partial charge in [0.2, 0.25) is 0 Å². The van der Waals surface area contributed by atoms with Gasteiger partial charge in [-0.05, 0) is 17.7 Å². The highest BCUT2D eigenvalue weighted by molar-refractivity contribution is 6.00. The molecule has 0 bridgehead atoms. The Morgan fingerprint density at radius 3 is 2.92 bits per heavy atom. The van der Waals surface area contributed by atoms with E-state index in [1.165, 1.54) is 0 Å². The maximum absolute atomic E-state index is 11.6. The number of benzene rings is 1. The molecule has 0 fully saturated rings. The number of hydrogen-bond acceptors (Lipinski definition) is 2. The lowest BCUT2D eigenvalue weighted by molar-refractivity contribution is 0.0994. The predicted molar refractivity (Wildman–Crippen MR) is 50.0 cm³/mol. The summed E-state index contributed by atoms with van der Waals surface area (Å²) in [5, 5.41) is 0. The molecule has 0 aromatic heterocycles. The van der Waals surface area contributed by atoms with Gasteiger partial charge in [-0.2, -0.15) is 0 Å². The molecular weight excluding hydrogens is 164 g/mol. The van der Waals surface area contributed by atoms with Gasteiger partial charge in [-0.25, -0.2) is 0 Å². The second-order valence-electron chi connectivity index (χ2n) is 3.13. The number of rotatable bonds is 0. The zero-order valence-electron chi connectivity index (χ0n) is 7.25. The Morgan fingerprint density at radius 1 is 1.31 bits per heavy atom. The Balaban J connectivity index is 2.46. The highest BCUT2D eigenvalue weighted by Crippen LogP contribution is 2.24. The van der Waals surface area contributed by atoms with Gasteiger partial charge in [0.25, 0.3) is 0 Å². The first-order valence-electron chi connectivity index (χ1n) is 4.19. The molecule has 1 aliphatic heterocycles. The summed E-state index contributed by atoms with van der Waals surface area (Å²) in [5.74, 6) is 0.768. The Bertz CT molecular complexity index is 366. The lowest BCUT2D eigenvalue weighted by Crippen LogP contribution is -1.98. The number of fused-ring (bicyclic) bond motifs is 1. The van der Waals surface area contributed by atoms with E-state index in [-0.39, 0.29) is 5.78 Å². The fourth-order valence-corrected chi connectivity index (χ4v) is 1.38. The number of carbonyl (C=O) groups is 1. The predicted octanol–water partition coefficient (Wildman–Crippen LogP) is 2.21. The van der Waals surface area contributed by atoms with Crippen molar-refractivity contribution in [3.8, 4) is 5.75 Å². The van der Waals surface area contributed by atoms with Crippen molar-refractivity contribution >= 4 is 5.78 Å². The molecule has 13 heavy (non-hydrogen) atoms. The quantitative estimate of drug-likeness (QED) is 0.563. The molecule has 1 aromatic carbocycles. The van der Waals surface area contributed by atoms with Crippen LogP contribution < -0.4 is 4.74 Å². The van der Waals surface area contributed by atoms with Crippen LogP contribution in [0.5, 0.6) is 5.75 Å². The third kappa shape index (κ3) is 1.47. The largest absolute Gasteiger partial charge is 0.488 e. The number of ketones is 1. The van der Waals surface area contributed by atoms with Crippen molar-refractivity contribution in [3.05, 3.63) is 42.0 Å². The zero-order valence-corrected chi connectivity index (χ0v) is 7.25. The fraction of sp³-hybridized carbons (Fsp3) is 0.182. The lowest BCUT2D eigenvalue weighted by atomic mass is 10.1. The third-order valence-electron chi connectivity index (χ3n) is 2.03. The molecule has 0 unspecified atom stereocenters. The molecule has 2 rings (SSSR count). The van der Waals surface area contributed by atoms with Crippen LogP contribution in [-0.4, -0.2) is 12.4 Å². The summed E-state index contributed by atoms with van der Waals surface area (Å²) in [6.07, 6.45) is 0.400. The van der Waals surface area contributed by atoms with Crippen molar-refractivity contribution in [3.63, 3.8) is 0 Å². The molecule has 0 atom stereocenters. The van der Waals surface area contributed by atoms with Gasteiger partial charge in [0.15, 0.2) is 5.78 Å². The fourth-order valence-electron chi connectivity index (χ4n) is 1.38. The van der Waals surface area contributed by atoms with Crippen LogP contribution in [0, 0.1) is 0 Å². The van der Waals surface area contributed by atoms with Gasteiger partial charge >= 0.3 is 0 Å². The minimum atomic E-state index is 0.0955. The molecular formula is C11H10O2. The normalized spacial score (nSPS) is 16.0. The van der Waals surface area contributed by atoms with Crippen LogP contribution in [0.15, 0.2) is 36.4 Å². The van der Waals surface area contributed by atoms with Crippen LogP contribution in [0.3, 0.4) is 0 Å². The van der Waals surface area contributed by atoms with Crippen molar-refractivity contribution in [2.45, 2.75) is 6.42 Å². The number of ether oxygens (including phenoxy) is 1. The Hall–Kier alpha value is -1.57. The van der Waals surface area contributed by atoms with Crippen LogP contribution in [-0.2, 0) is 0 Å². The summed E-state index contributed by atoms with van der Waals surface area (Å²) in [4.78, 5) is 11.6. The average Bonchev–Trinajstić information content (AvgIpc) is 2.27. The van der Waals surface area contributed by atoms with E-state index in [1.807, 2.05) is 18.2 Å². The monoisotopic (exact) mass is 174 g/mol. The molecule has 1 aromatic rings. The van der Waals surface area contributed by atoms with E-state index in [9.17, 15) is 4.79 Å². The van der Waals surface area contributed by atoms with Crippen molar-refractivity contribution in [1.82, 2.24) is 0 Å². The van der Waals surface area contributed by atoms with Gasteiger partial charge in [0.05, 0.1) is 5.56 Å². The van der Waals surface area contributed by atoms with E-state index in [2.05, 4.69) is 6.58 Å². The highest BCUT2D eigenvalue weighted by Gasteiger charge is 2.17. The minimum absolute atomic E-state index is 0.0955. The first-order valence-corrected chi connectivity index (χ1v) is 4.19. The zero-order chi connectivity index (χ0) is 9.26. The van der Waals surface area contributed by atoms with Gasteiger partial charge in [0.1, 0.15) is 12.4 Å². The van der Waals surface area contributed by atoms with E-state index in [0.717, 1.165) is 5.57 Å². The molecule has 2 heteroatoms. The Kier molecular flexibility index (Phi) is 1.89. The van der Waals surface area contributed by atoms with E-state index < -0.39 is 0 Å². The standard InChI is InChI=1S/C11H10O2/c1-8-6-10(12)9-4-2-3-5-11(9)13-7-8/h2-5H,1,6-7H2. The van der Waals surface area contributed by atoms with Crippen LogP contribution in [0.4, 0.5) is 0 Å². The molecule has 0 radical (unpaired) electrons. The summed E-state index contributed by atoms with van der Waals surface area (Å²) >= 11 is 0. The van der Waals surface area contributed by atoms with Crippen LogP contribution in [0.25, 0.3) is 0 Å². The number of hydrogen-bond donors (Lipinski definition) is 0.